The maximum absolute atomic E-state index is 13.4. The molecule has 2 aromatic rings. The summed E-state index contributed by atoms with van der Waals surface area (Å²) in [5.74, 6) is -3.11. The predicted molar refractivity (Wildman–Crippen MR) is 191 cm³/mol. The van der Waals surface area contributed by atoms with Crippen LogP contribution in [0.4, 0.5) is 18.9 Å². The van der Waals surface area contributed by atoms with Crippen LogP contribution in [0.25, 0.3) is 0 Å². The van der Waals surface area contributed by atoms with Crippen LogP contribution in [0, 0.1) is 17.7 Å². The van der Waals surface area contributed by atoms with Gasteiger partial charge < -0.3 is 20.9 Å². The van der Waals surface area contributed by atoms with Crippen molar-refractivity contribution in [1.82, 2.24) is 15.5 Å². The van der Waals surface area contributed by atoms with Crippen molar-refractivity contribution in [2.75, 3.05) is 5.32 Å². The van der Waals surface area contributed by atoms with Crippen molar-refractivity contribution >= 4 is 29.6 Å². The van der Waals surface area contributed by atoms with E-state index in [1.807, 2.05) is 62.2 Å². The van der Waals surface area contributed by atoms with Crippen molar-refractivity contribution in [2.24, 2.45) is 16.8 Å². The molecule has 8 nitrogen and oxygen atoms in total. The number of nitrogens with one attached hydrogen (secondary N) is 3. The van der Waals surface area contributed by atoms with E-state index in [-0.39, 0.29) is 61.1 Å². The Kier molecular flexibility index (Phi) is 13.2. The van der Waals surface area contributed by atoms with Crippen LogP contribution in [0.1, 0.15) is 77.7 Å². The fourth-order valence-corrected chi connectivity index (χ4v) is 5.88. The van der Waals surface area contributed by atoms with Crippen molar-refractivity contribution in [2.45, 2.75) is 96.1 Å². The fraction of sp³-hybridized carbons (Fsp3) is 0.436. The molecular weight excluding hydrogens is 643 g/mol. The lowest BCUT2D eigenvalue weighted by Gasteiger charge is -2.31. The number of allylic oxidation sites excluding steroid dienone is 2. The number of hydrogen-bond acceptors (Lipinski definition) is 5. The first-order valence-corrected chi connectivity index (χ1v) is 17.2. The summed E-state index contributed by atoms with van der Waals surface area (Å²) in [6.45, 7) is 9.84. The molecule has 5 rings (SSSR count). The monoisotopic (exact) mass is 691 g/mol. The molecule has 0 bridgehead atoms. The summed E-state index contributed by atoms with van der Waals surface area (Å²) in [6, 6.07) is 14.6. The summed E-state index contributed by atoms with van der Waals surface area (Å²) >= 11 is 0. The molecule has 1 atom stereocenters. The Balaban J connectivity index is 0.000000276. The maximum Gasteiger partial charge on any atom is 0.248 e. The van der Waals surface area contributed by atoms with E-state index in [9.17, 15) is 27.6 Å². The quantitative estimate of drug-likeness (QED) is 0.213. The Morgan fingerprint density at radius 2 is 1.64 bits per heavy atom. The van der Waals surface area contributed by atoms with E-state index in [1.165, 1.54) is 12.1 Å². The third kappa shape index (κ3) is 12.0. The van der Waals surface area contributed by atoms with Gasteiger partial charge in [0.05, 0.1) is 0 Å². The molecule has 50 heavy (non-hydrogen) atoms. The molecule has 2 aromatic carbocycles. The standard InChI is InChI=1S/C26H33FN4O2.C13H15F2NO/c1-5-7-22(31-15-6-14-28-18(31)2)16-23(29-24(32)20-10-11-20)25(33)30-26(3,4)17-19-8-12-21(27)13-9-19;14-13(15)8-6-10(7-9-13)12(17)16-11-4-2-1-3-5-11/h6-9,12-15,20,23H,2,5,10-11,16-17H2,1,3-4H3,(H,29,32)(H,30,33);1-5,10H,6-9H2,(H,16,17)/b22-7-;. The number of benzene rings is 2. The highest BCUT2D eigenvalue weighted by molar-refractivity contribution is 5.92. The highest BCUT2D eigenvalue weighted by Gasteiger charge is 2.37. The first kappa shape index (κ1) is 38.1. The van der Waals surface area contributed by atoms with Crippen LogP contribution in [0.15, 0.2) is 96.0 Å². The zero-order valence-electron chi connectivity index (χ0n) is 29.1. The average Bonchev–Trinajstić information content (AvgIpc) is 3.92. The van der Waals surface area contributed by atoms with Gasteiger partial charge in [-0.1, -0.05) is 49.9 Å². The molecule has 0 spiro atoms. The minimum absolute atomic E-state index is 0.0134. The van der Waals surface area contributed by atoms with Gasteiger partial charge in [0, 0.05) is 60.4 Å². The number of anilines is 1. The second kappa shape index (κ2) is 17.3. The first-order chi connectivity index (χ1) is 23.7. The normalized spacial score (nSPS) is 18.1. The average molecular weight is 692 g/mol. The third-order valence-electron chi connectivity index (χ3n) is 8.72. The molecule has 2 fully saturated rings. The molecule has 268 valence electrons. The highest BCUT2D eigenvalue weighted by atomic mass is 19.3. The van der Waals surface area contributed by atoms with Gasteiger partial charge in [-0.15, -0.1) is 0 Å². The number of halogens is 3. The van der Waals surface area contributed by atoms with Crippen molar-refractivity contribution in [3.05, 3.63) is 102 Å². The molecule has 2 saturated carbocycles. The van der Waals surface area contributed by atoms with E-state index in [4.69, 9.17) is 0 Å². The lowest BCUT2D eigenvalue weighted by molar-refractivity contribution is -0.130. The van der Waals surface area contributed by atoms with E-state index >= 15 is 0 Å². The third-order valence-corrected chi connectivity index (χ3v) is 8.72. The molecule has 1 unspecified atom stereocenters. The molecule has 0 radical (unpaired) electrons. The van der Waals surface area contributed by atoms with Crippen LogP contribution in [-0.2, 0) is 20.8 Å². The molecule has 1 heterocycles. The largest absolute Gasteiger partial charge is 0.349 e. The van der Waals surface area contributed by atoms with Crippen LogP contribution in [0.3, 0.4) is 0 Å². The zero-order valence-corrected chi connectivity index (χ0v) is 29.1. The van der Waals surface area contributed by atoms with E-state index in [0.717, 1.165) is 36.2 Å². The maximum atomic E-state index is 13.4. The minimum atomic E-state index is -2.58. The van der Waals surface area contributed by atoms with Gasteiger partial charge in [0.25, 0.3) is 0 Å². The Morgan fingerprint density at radius 3 is 2.24 bits per heavy atom. The number of amides is 3. The smallest absolute Gasteiger partial charge is 0.248 e. The Bertz CT molecular complexity index is 1570. The topological polar surface area (TPSA) is 103 Å². The van der Waals surface area contributed by atoms with Crippen LogP contribution < -0.4 is 16.0 Å². The van der Waals surface area contributed by atoms with E-state index in [1.54, 1.807) is 30.5 Å². The van der Waals surface area contributed by atoms with Crippen molar-refractivity contribution in [3.8, 4) is 0 Å². The molecule has 3 aliphatic rings. The molecule has 0 saturated heterocycles. The first-order valence-electron chi connectivity index (χ1n) is 17.2. The number of rotatable bonds is 12. The number of alkyl halides is 2. The van der Waals surface area contributed by atoms with Gasteiger partial charge in [0.15, 0.2) is 0 Å². The zero-order chi connectivity index (χ0) is 36.3. The number of nitrogens with zero attached hydrogens (tertiary/aromatic N) is 2. The molecule has 2 aliphatic carbocycles. The number of hydrogen-bond donors (Lipinski definition) is 3. The summed E-state index contributed by atoms with van der Waals surface area (Å²) in [7, 11) is 0. The molecule has 1 aliphatic heterocycles. The minimum Gasteiger partial charge on any atom is -0.349 e. The second-order valence-corrected chi connectivity index (χ2v) is 13.7. The summed E-state index contributed by atoms with van der Waals surface area (Å²) in [4.78, 5) is 43.9. The van der Waals surface area contributed by atoms with Gasteiger partial charge in [-0.25, -0.2) is 18.2 Å². The lowest BCUT2D eigenvalue weighted by atomic mass is 9.86. The van der Waals surface area contributed by atoms with Crippen LogP contribution >= 0.6 is 0 Å². The Morgan fingerprint density at radius 1 is 1.00 bits per heavy atom. The van der Waals surface area contributed by atoms with Gasteiger partial charge >= 0.3 is 0 Å². The van der Waals surface area contributed by atoms with Gasteiger partial charge in [-0.3, -0.25) is 14.4 Å². The van der Waals surface area contributed by atoms with Gasteiger partial charge in [-0.05, 0) is 88.3 Å². The molecule has 3 amide bonds. The summed E-state index contributed by atoms with van der Waals surface area (Å²) in [5.41, 5.74) is 1.89. The SMILES string of the molecule is C=C1N=CC=CN1/C(=C\CC)CC(NC(=O)C1CC1)C(=O)NC(C)(C)Cc1ccc(F)cc1.O=C(Nc1ccccc1)C1CCC(F)(F)CC1. The highest BCUT2D eigenvalue weighted by Crippen LogP contribution is 2.36. The van der Waals surface area contributed by atoms with E-state index in [2.05, 4.69) is 27.5 Å². The van der Waals surface area contributed by atoms with Crippen molar-refractivity contribution in [3.63, 3.8) is 0 Å². The van der Waals surface area contributed by atoms with Gasteiger partial charge in [0.1, 0.15) is 17.7 Å². The van der Waals surface area contributed by atoms with Gasteiger partial charge in [0.2, 0.25) is 23.6 Å². The molecule has 0 aromatic heterocycles. The molecule has 3 N–H and O–H groups in total. The lowest BCUT2D eigenvalue weighted by Crippen LogP contribution is -2.54. The van der Waals surface area contributed by atoms with Crippen molar-refractivity contribution < 1.29 is 27.6 Å². The van der Waals surface area contributed by atoms with E-state index in [0.29, 0.717) is 18.7 Å². The van der Waals surface area contributed by atoms with E-state index < -0.39 is 17.5 Å². The number of carbonyl (C=O) groups is 3. The van der Waals surface area contributed by atoms with Crippen LogP contribution in [-0.4, -0.2) is 46.3 Å². The molecular formula is C39H48F3N5O3. The summed E-state index contributed by atoms with van der Waals surface area (Å²) in [6.07, 6.45) is 10.8. The number of aliphatic imine (C=N–C) groups is 1. The Hall–Kier alpha value is -4.67. The van der Waals surface area contributed by atoms with Crippen LogP contribution in [0.5, 0.6) is 0 Å². The number of para-hydroxylation sites is 1. The van der Waals surface area contributed by atoms with Crippen LogP contribution in [0.2, 0.25) is 0 Å². The molecule has 11 heteroatoms. The second-order valence-electron chi connectivity index (χ2n) is 13.7. The summed E-state index contributed by atoms with van der Waals surface area (Å²) < 4.78 is 39.1. The number of carbonyl (C=O) groups excluding carboxylic acids is 3. The predicted octanol–water partition coefficient (Wildman–Crippen LogP) is 7.66. The Labute approximate surface area is 293 Å². The van der Waals surface area contributed by atoms with Crippen molar-refractivity contribution in [1.29, 1.82) is 0 Å². The fourth-order valence-electron chi connectivity index (χ4n) is 5.88. The van der Waals surface area contributed by atoms with Gasteiger partial charge in [-0.2, -0.15) is 0 Å². The summed E-state index contributed by atoms with van der Waals surface area (Å²) in [5, 5.41) is 8.79.